The van der Waals surface area contributed by atoms with Crippen molar-refractivity contribution in [2.24, 2.45) is 0 Å². The Bertz CT molecular complexity index is 1170. The predicted octanol–water partition coefficient (Wildman–Crippen LogP) is 4.39. The fourth-order valence-electron chi connectivity index (χ4n) is 2.64. The average molecular weight is 474 g/mol. The molecule has 2 aromatic carbocycles. The Morgan fingerprint density at radius 2 is 1.94 bits per heavy atom. The summed E-state index contributed by atoms with van der Waals surface area (Å²) < 4.78 is 38.1. The molecule has 8 nitrogen and oxygen atoms in total. The minimum atomic E-state index is -3.74. The zero-order valence-electron chi connectivity index (χ0n) is 17.6. The number of aromatic nitrogens is 1. The summed E-state index contributed by atoms with van der Waals surface area (Å²) in [5, 5.41) is 4.66. The van der Waals surface area contributed by atoms with Gasteiger partial charge in [-0.2, -0.15) is 0 Å². The topological polar surface area (TPSA) is 107 Å². The number of nitrogens with zero attached hydrogens (tertiary/aromatic N) is 1. The number of sulfonamides is 1. The number of rotatable bonds is 10. The van der Waals surface area contributed by atoms with Crippen LogP contribution < -0.4 is 19.5 Å². The molecule has 0 spiro atoms. The van der Waals surface area contributed by atoms with E-state index in [-0.39, 0.29) is 15.9 Å². The first-order chi connectivity index (χ1) is 15.4. The molecule has 0 aliphatic rings. The summed E-state index contributed by atoms with van der Waals surface area (Å²) >= 11 is 1.19. The van der Waals surface area contributed by atoms with Crippen molar-refractivity contribution in [1.29, 1.82) is 0 Å². The molecule has 0 saturated carbocycles. The SMILES string of the molecule is CCCOc1ccc(/C=C/C(=O)Nc2ccc(S(=O)(=O)Nc3nccs3)cc2)cc1OC. The molecule has 3 aromatic rings. The van der Waals surface area contributed by atoms with E-state index < -0.39 is 10.0 Å². The van der Waals surface area contributed by atoms with E-state index in [9.17, 15) is 13.2 Å². The van der Waals surface area contributed by atoms with Gasteiger partial charge in [0.25, 0.3) is 10.0 Å². The second-order valence-corrected chi connectivity index (χ2v) is 9.13. The molecule has 0 saturated heterocycles. The number of hydrogen-bond donors (Lipinski definition) is 2. The van der Waals surface area contributed by atoms with Gasteiger partial charge in [0.15, 0.2) is 16.6 Å². The van der Waals surface area contributed by atoms with Gasteiger partial charge in [-0.25, -0.2) is 13.4 Å². The third kappa shape index (κ3) is 6.32. The van der Waals surface area contributed by atoms with Crippen LogP contribution in [0, 0.1) is 0 Å². The molecule has 10 heteroatoms. The number of benzene rings is 2. The number of methoxy groups -OCH3 is 1. The highest BCUT2D eigenvalue weighted by Crippen LogP contribution is 2.28. The highest BCUT2D eigenvalue weighted by molar-refractivity contribution is 7.93. The molecule has 0 atom stereocenters. The number of hydrogen-bond acceptors (Lipinski definition) is 7. The molecule has 1 heterocycles. The average Bonchev–Trinajstić information content (AvgIpc) is 3.29. The van der Waals surface area contributed by atoms with Crippen molar-refractivity contribution in [3.8, 4) is 11.5 Å². The van der Waals surface area contributed by atoms with Gasteiger partial charge in [0.2, 0.25) is 5.91 Å². The first kappa shape index (κ1) is 23.3. The number of carbonyl (C=O) groups excluding carboxylic acids is 1. The van der Waals surface area contributed by atoms with E-state index in [4.69, 9.17) is 9.47 Å². The van der Waals surface area contributed by atoms with Crippen LogP contribution in [0.15, 0.2) is 65.0 Å². The van der Waals surface area contributed by atoms with Crippen LogP contribution in [0.5, 0.6) is 11.5 Å². The van der Waals surface area contributed by atoms with Crippen molar-refractivity contribution in [3.63, 3.8) is 0 Å². The van der Waals surface area contributed by atoms with E-state index in [1.54, 1.807) is 30.7 Å². The van der Waals surface area contributed by atoms with Crippen molar-refractivity contribution in [2.75, 3.05) is 23.8 Å². The fraction of sp³-hybridized carbons (Fsp3) is 0.182. The second-order valence-electron chi connectivity index (χ2n) is 6.55. The second kappa shape index (κ2) is 10.8. The van der Waals surface area contributed by atoms with Crippen LogP contribution in [0.3, 0.4) is 0 Å². The maximum absolute atomic E-state index is 12.4. The maximum Gasteiger partial charge on any atom is 0.263 e. The monoisotopic (exact) mass is 473 g/mol. The lowest BCUT2D eigenvalue weighted by Crippen LogP contribution is -2.13. The summed E-state index contributed by atoms with van der Waals surface area (Å²) in [5.74, 6) is 0.881. The van der Waals surface area contributed by atoms with Crippen LogP contribution in [0.4, 0.5) is 10.8 Å². The standard InChI is InChI=1S/C22H23N3O5S2/c1-3-13-30-19-10-4-16(15-20(19)29-2)5-11-21(26)24-17-6-8-18(9-7-17)32(27,28)25-22-23-12-14-31-22/h4-12,14-15H,3,13H2,1-2H3,(H,23,25)(H,24,26)/b11-5+. The highest BCUT2D eigenvalue weighted by Gasteiger charge is 2.15. The lowest BCUT2D eigenvalue weighted by Gasteiger charge is -2.10. The molecule has 32 heavy (non-hydrogen) atoms. The Morgan fingerprint density at radius 3 is 2.59 bits per heavy atom. The predicted molar refractivity (Wildman–Crippen MR) is 126 cm³/mol. The molecule has 168 valence electrons. The van der Waals surface area contributed by atoms with Crippen LogP contribution in [-0.2, 0) is 14.8 Å². The highest BCUT2D eigenvalue weighted by atomic mass is 32.2. The molecule has 0 unspecified atom stereocenters. The van der Waals surface area contributed by atoms with Crippen LogP contribution in [0.25, 0.3) is 6.08 Å². The first-order valence-corrected chi connectivity index (χ1v) is 12.1. The van der Waals surface area contributed by atoms with Gasteiger partial charge in [-0.05, 0) is 54.5 Å². The van der Waals surface area contributed by atoms with Crippen LogP contribution in [-0.4, -0.2) is 33.0 Å². The first-order valence-electron chi connectivity index (χ1n) is 9.73. The Kier molecular flexibility index (Phi) is 7.85. The number of thiazole rings is 1. The maximum atomic E-state index is 12.4. The van der Waals surface area contributed by atoms with E-state index in [1.165, 1.54) is 47.9 Å². The largest absolute Gasteiger partial charge is 0.493 e. The number of carbonyl (C=O) groups is 1. The van der Waals surface area contributed by atoms with E-state index in [0.717, 1.165) is 12.0 Å². The summed E-state index contributed by atoms with van der Waals surface area (Å²) in [4.78, 5) is 16.2. The summed E-state index contributed by atoms with van der Waals surface area (Å²) in [5.41, 5.74) is 1.24. The fourth-order valence-corrected chi connectivity index (χ4v) is 4.43. The summed E-state index contributed by atoms with van der Waals surface area (Å²) in [6, 6.07) is 11.3. The molecule has 1 aromatic heterocycles. The minimum Gasteiger partial charge on any atom is -0.493 e. The number of anilines is 2. The van der Waals surface area contributed by atoms with Crippen molar-refractivity contribution in [1.82, 2.24) is 4.98 Å². The van der Waals surface area contributed by atoms with Gasteiger partial charge in [0.05, 0.1) is 18.6 Å². The van der Waals surface area contributed by atoms with Crippen molar-refractivity contribution in [2.45, 2.75) is 18.2 Å². The molecular formula is C22H23N3O5S2. The van der Waals surface area contributed by atoms with E-state index in [1.807, 2.05) is 13.0 Å². The molecular weight excluding hydrogens is 450 g/mol. The molecule has 0 radical (unpaired) electrons. The summed E-state index contributed by atoms with van der Waals surface area (Å²) in [6.45, 7) is 2.61. The number of ether oxygens (including phenoxy) is 2. The number of amides is 1. The normalized spacial score (nSPS) is 11.3. The van der Waals surface area contributed by atoms with Crippen LogP contribution in [0.1, 0.15) is 18.9 Å². The Balaban J connectivity index is 1.62. The summed E-state index contributed by atoms with van der Waals surface area (Å²) in [6.07, 6.45) is 5.44. The third-order valence-corrected chi connectivity index (χ3v) is 6.34. The lowest BCUT2D eigenvalue weighted by atomic mass is 10.2. The molecule has 0 fully saturated rings. The van der Waals surface area contributed by atoms with E-state index >= 15 is 0 Å². The molecule has 0 aliphatic heterocycles. The number of nitrogens with one attached hydrogen (secondary N) is 2. The van der Waals surface area contributed by atoms with Crippen molar-refractivity contribution in [3.05, 3.63) is 65.7 Å². The van der Waals surface area contributed by atoms with Gasteiger partial charge < -0.3 is 14.8 Å². The Morgan fingerprint density at radius 1 is 1.16 bits per heavy atom. The third-order valence-electron chi connectivity index (χ3n) is 4.16. The van der Waals surface area contributed by atoms with Gasteiger partial charge >= 0.3 is 0 Å². The molecule has 3 rings (SSSR count). The van der Waals surface area contributed by atoms with Crippen LogP contribution in [0.2, 0.25) is 0 Å². The smallest absolute Gasteiger partial charge is 0.263 e. The Labute approximate surface area is 191 Å². The quantitative estimate of drug-likeness (QED) is 0.423. The Hall–Kier alpha value is -3.37. The van der Waals surface area contributed by atoms with Crippen molar-refractivity contribution < 1.29 is 22.7 Å². The minimum absolute atomic E-state index is 0.0683. The molecule has 0 aliphatic carbocycles. The lowest BCUT2D eigenvalue weighted by molar-refractivity contribution is -0.111. The van der Waals surface area contributed by atoms with Crippen molar-refractivity contribution >= 4 is 44.2 Å². The molecule has 0 bridgehead atoms. The molecule has 1 amide bonds. The van der Waals surface area contributed by atoms with Crippen LogP contribution >= 0.6 is 11.3 Å². The van der Waals surface area contributed by atoms with Gasteiger partial charge in [0, 0.05) is 23.3 Å². The molecule has 2 N–H and O–H groups in total. The van der Waals surface area contributed by atoms with Gasteiger partial charge in [-0.15, -0.1) is 11.3 Å². The van der Waals surface area contributed by atoms with Gasteiger partial charge in [-0.3, -0.25) is 9.52 Å². The van der Waals surface area contributed by atoms with E-state index in [0.29, 0.717) is 23.8 Å². The zero-order valence-corrected chi connectivity index (χ0v) is 19.2. The zero-order chi connectivity index (χ0) is 23.0. The summed E-state index contributed by atoms with van der Waals surface area (Å²) in [7, 11) is -2.18. The van der Waals surface area contributed by atoms with E-state index in [2.05, 4.69) is 15.0 Å². The van der Waals surface area contributed by atoms with Gasteiger partial charge in [-0.1, -0.05) is 13.0 Å². The van der Waals surface area contributed by atoms with Gasteiger partial charge in [0.1, 0.15) is 0 Å².